The fraction of sp³-hybridized carbons (Fsp3) is 0.435. The average molecular weight is 386 g/mol. The summed E-state index contributed by atoms with van der Waals surface area (Å²) in [5.41, 5.74) is 4.26. The summed E-state index contributed by atoms with van der Waals surface area (Å²) in [4.78, 5) is 12.5. The van der Waals surface area contributed by atoms with Crippen molar-refractivity contribution in [2.45, 2.75) is 54.2 Å². The Morgan fingerprint density at radius 1 is 0.964 bits per heavy atom. The molecule has 0 aliphatic heterocycles. The summed E-state index contributed by atoms with van der Waals surface area (Å²) in [7, 11) is 0. The van der Waals surface area contributed by atoms with Gasteiger partial charge in [-0.2, -0.15) is 0 Å². The van der Waals surface area contributed by atoms with Gasteiger partial charge >= 0.3 is 0 Å². The first-order valence-electron chi connectivity index (χ1n) is 9.76. The number of aryl methyl sites for hydroxylation is 2. The van der Waals surface area contributed by atoms with E-state index in [1.165, 1.54) is 0 Å². The van der Waals surface area contributed by atoms with Crippen LogP contribution < -0.4 is 19.5 Å². The van der Waals surface area contributed by atoms with Crippen LogP contribution in [0.4, 0.5) is 0 Å². The van der Waals surface area contributed by atoms with Crippen LogP contribution in [0, 0.1) is 20.8 Å². The lowest BCUT2D eigenvalue weighted by Gasteiger charge is -2.18. The van der Waals surface area contributed by atoms with Crippen LogP contribution in [0.2, 0.25) is 0 Å². The molecule has 5 heteroatoms. The van der Waals surface area contributed by atoms with Crippen LogP contribution in [0.25, 0.3) is 0 Å². The SMILES string of the molecule is CCOc1ccc(CNC(=O)[C@@H](C)Oc2cc(C)cc(C)c2C)cc1OCC. The predicted octanol–water partition coefficient (Wildman–Crippen LogP) is 4.49. The highest BCUT2D eigenvalue weighted by molar-refractivity contribution is 5.80. The molecule has 1 atom stereocenters. The van der Waals surface area contributed by atoms with E-state index in [4.69, 9.17) is 14.2 Å². The molecule has 0 bridgehead atoms. The van der Waals surface area contributed by atoms with Crippen LogP contribution in [0.3, 0.4) is 0 Å². The van der Waals surface area contributed by atoms with Gasteiger partial charge in [0.05, 0.1) is 13.2 Å². The molecule has 152 valence electrons. The second-order valence-corrected chi connectivity index (χ2v) is 6.83. The molecule has 0 aliphatic rings. The highest BCUT2D eigenvalue weighted by atomic mass is 16.5. The second kappa shape index (κ2) is 10.0. The van der Waals surface area contributed by atoms with E-state index >= 15 is 0 Å². The topological polar surface area (TPSA) is 56.8 Å². The highest BCUT2D eigenvalue weighted by Crippen LogP contribution is 2.28. The number of hydrogen-bond donors (Lipinski definition) is 1. The van der Waals surface area contributed by atoms with Gasteiger partial charge in [-0.3, -0.25) is 4.79 Å². The average Bonchev–Trinajstić information content (AvgIpc) is 2.65. The van der Waals surface area contributed by atoms with E-state index in [-0.39, 0.29) is 5.91 Å². The summed E-state index contributed by atoms with van der Waals surface area (Å²) in [5, 5.41) is 2.93. The Morgan fingerprint density at radius 3 is 2.32 bits per heavy atom. The second-order valence-electron chi connectivity index (χ2n) is 6.83. The summed E-state index contributed by atoms with van der Waals surface area (Å²) >= 11 is 0. The first-order chi connectivity index (χ1) is 13.3. The van der Waals surface area contributed by atoms with E-state index in [0.717, 1.165) is 28.0 Å². The maximum absolute atomic E-state index is 12.5. The zero-order valence-electron chi connectivity index (χ0n) is 17.7. The fourth-order valence-electron chi connectivity index (χ4n) is 2.91. The van der Waals surface area contributed by atoms with E-state index in [0.29, 0.717) is 31.3 Å². The number of benzene rings is 2. The zero-order chi connectivity index (χ0) is 20.7. The Labute approximate surface area is 168 Å². The Kier molecular flexibility index (Phi) is 7.73. The van der Waals surface area contributed by atoms with Crippen molar-refractivity contribution in [2.24, 2.45) is 0 Å². The third-order valence-electron chi connectivity index (χ3n) is 4.51. The van der Waals surface area contributed by atoms with Crippen molar-refractivity contribution in [3.8, 4) is 17.2 Å². The van der Waals surface area contributed by atoms with Crippen LogP contribution >= 0.6 is 0 Å². The van der Waals surface area contributed by atoms with Gasteiger partial charge in [0.1, 0.15) is 5.75 Å². The molecule has 28 heavy (non-hydrogen) atoms. The molecule has 0 fully saturated rings. The van der Waals surface area contributed by atoms with Crippen LogP contribution in [-0.4, -0.2) is 25.2 Å². The molecule has 2 aromatic rings. The predicted molar refractivity (Wildman–Crippen MR) is 111 cm³/mol. The Bertz CT molecular complexity index is 816. The van der Waals surface area contributed by atoms with Gasteiger partial charge in [0.25, 0.3) is 5.91 Å². The van der Waals surface area contributed by atoms with Crippen LogP contribution in [0.1, 0.15) is 43.0 Å². The fourth-order valence-corrected chi connectivity index (χ4v) is 2.91. The summed E-state index contributed by atoms with van der Waals surface area (Å²) in [5.74, 6) is 1.98. The number of nitrogens with one attached hydrogen (secondary N) is 1. The van der Waals surface area contributed by atoms with E-state index in [1.807, 2.05) is 58.9 Å². The highest BCUT2D eigenvalue weighted by Gasteiger charge is 2.16. The maximum Gasteiger partial charge on any atom is 0.261 e. The molecule has 0 heterocycles. The molecule has 0 aromatic heterocycles. The first kappa shape index (κ1) is 21.6. The van der Waals surface area contributed by atoms with E-state index in [9.17, 15) is 4.79 Å². The van der Waals surface area contributed by atoms with Gasteiger partial charge < -0.3 is 19.5 Å². The van der Waals surface area contributed by atoms with E-state index < -0.39 is 6.10 Å². The largest absolute Gasteiger partial charge is 0.490 e. The molecular formula is C23H31NO4. The normalized spacial score (nSPS) is 11.6. The zero-order valence-corrected chi connectivity index (χ0v) is 17.7. The van der Waals surface area contributed by atoms with Crippen molar-refractivity contribution in [1.29, 1.82) is 0 Å². The minimum Gasteiger partial charge on any atom is -0.490 e. The number of carbonyl (C=O) groups excluding carboxylic acids is 1. The molecule has 2 rings (SSSR count). The Morgan fingerprint density at radius 2 is 1.64 bits per heavy atom. The maximum atomic E-state index is 12.5. The lowest BCUT2D eigenvalue weighted by Crippen LogP contribution is -2.36. The number of carbonyl (C=O) groups is 1. The summed E-state index contributed by atoms with van der Waals surface area (Å²) in [6.45, 7) is 13.2. The van der Waals surface area contributed by atoms with Crippen LogP contribution in [0.5, 0.6) is 17.2 Å². The molecular weight excluding hydrogens is 354 g/mol. The van der Waals surface area contributed by atoms with Crippen molar-refractivity contribution in [3.63, 3.8) is 0 Å². The van der Waals surface area contributed by atoms with Crippen molar-refractivity contribution >= 4 is 5.91 Å². The van der Waals surface area contributed by atoms with Gasteiger partial charge in [0.2, 0.25) is 0 Å². The molecule has 0 aliphatic carbocycles. The van der Waals surface area contributed by atoms with Gasteiger partial charge in [-0.05, 0) is 82.0 Å². The number of ether oxygens (including phenoxy) is 3. The molecule has 0 spiro atoms. The summed E-state index contributed by atoms with van der Waals surface area (Å²) in [6, 6.07) is 9.76. The molecule has 2 aromatic carbocycles. The van der Waals surface area contributed by atoms with Crippen molar-refractivity contribution in [1.82, 2.24) is 5.32 Å². The molecule has 0 unspecified atom stereocenters. The monoisotopic (exact) mass is 385 g/mol. The van der Waals surface area contributed by atoms with Crippen molar-refractivity contribution in [2.75, 3.05) is 13.2 Å². The molecule has 1 amide bonds. The first-order valence-corrected chi connectivity index (χ1v) is 9.76. The van der Waals surface area contributed by atoms with Crippen LogP contribution in [0.15, 0.2) is 30.3 Å². The lowest BCUT2D eigenvalue weighted by atomic mass is 10.1. The minimum absolute atomic E-state index is 0.162. The molecule has 5 nitrogen and oxygen atoms in total. The van der Waals surface area contributed by atoms with Crippen LogP contribution in [-0.2, 0) is 11.3 Å². The number of hydrogen-bond acceptors (Lipinski definition) is 4. The van der Waals surface area contributed by atoms with Crippen molar-refractivity contribution < 1.29 is 19.0 Å². The number of amides is 1. The van der Waals surface area contributed by atoms with Gasteiger partial charge in [-0.25, -0.2) is 0 Å². The number of rotatable bonds is 9. The smallest absolute Gasteiger partial charge is 0.261 e. The Hall–Kier alpha value is -2.69. The molecule has 0 saturated heterocycles. The molecule has 0 saturated carbocycles. The van der Waals surface area contributed by atoms with Gasteiger partial charge in [-0.1, -0.05) is 12.1 Å². The van der Waals surface area contributed by atoms with E-state index in [2.05, 4.69) is 11.4 Å². The Balaban J connectivity index is 2.00. The van der Waals surface area contributed by atoms with Gasteiger partial charge in [0.15, 0.2) is 17.6 Å². The van der Waals surface area contributed by atoms with Gasteiger partial charge in [0, 0.05) is 6.54 Å². The summed E-state index contributed by atoms with van der Waals surface area (Å²) in [6.07, 6.45) is -0.589. The quantitative estimate of drug-likeness (QED) is 0.691. The molecule has 1 N–H and O–H groups in total. The van der Waals surface area contributed by atoms with Gasteiger partial charge in [-0.15, -0.1) is 0 Å². The van der Waals surface area contributed by atoms with Crippen molar-refractivity contribution in [3.05, 3.63) is 52.6 Å². The lowest BCUT2D eigenvalue weighted by molar-refractivity contribution is -0.127. The standard InChI is InChI=1S/C23H31NO4/c1-7-26-20-10-9-19(13-22(20)27-8-2)14-24-23(25)18(6)28-21-12-15(3)11-16(4)17(21)5/h9-13,18H,7-8,14H2,1-6H3,(H,24,25)/t18-/m1/s1. The third-order valence-corrected chi connectivity index (χ3v) is 4.51. The molecule has 0 radical (unpaired) electrons. The minimum atomic E-state index is -0.589. The van der Waals surface area contributed by atoms with E-state index in [1.54, 1.807) is 6.92 Å². The third kappa shape index (κ3) is 5.65. The summed E-state index contributed by atoms with van der Waals surface area (Å²) < 4.78 is 17.1.